The van der Waals surface area contributed by atoms with Crippen LogP contribution in [0.25, 0.3) is 0 Å². The van der Waals surface area contributed by atoms with Crippen molar-refractivity contribution in [2.45, 2.75) is 6.42 Å². The van der Waals surface area contributed by atoms with Crippen molar-refractivity contribution in [2.24, 2.45) is 0 Å². The SMILES string of the molecule is O=C(CCN1C(=O)c2ccccc2C1=O)Nc1ccccc1Cl. The summed E-state index contributed by atoms with van der Waals surface area (Å²) in [5.41, 5.74) is 1.26. The molecule has 0 spiro atoms. The maximum atomic E-state index is 12.2. The van der Waals surface area contributed by atoms with Crippen molar-refractivity contribution >= 4 is 35.0 Å². The fraction of sp³-hybridized carbons (Fsp3) is 0.118. The lowest BCUT2D eigenvalue weighted by Gasteiger charge is -2.13. The maximum Gasteiger partial charge on any atom is 0.261 e. The summed E-state index contributed by atoms with van der Waals surface area (Å²) < 4.78 is 0. The van der Waals surface area contributed by atoms with Crippen LogP contribution in [0.5, 0.6) is 0 Å². The summed E-state index contributed by atoms with van der Waals surface area (Å²) in [6, 6.07) is 13.5. The largest absolute Gasteiger partial charge is 0.325 e. The summed E-state index contributed by atoms with van der Waals surface area (Å²) in [6.45, 7) is 0.0304. The molecule has 116 valence electrons. The number of carbonyl (C=O) groups is 3. The minimum Gasteiger partial charge on any atom is -0.325 e. The van der Waals surface area contributed by atoms with E-state index in [9.17, 15) is 14.4 Å². The monoisotopic (exact) mass is 328 g/mol. The first-order valence-corrected chi connectivity index (χ1v) is 7.45. The summed E-state index contributed by atoms with van der Waals surface area (Å²) in [5, 5.41) is 3.10. The minimum atomic E-state index is -0.365. The zero-order valence-corrected chi connectivity index (χ0v) is 12.8. The first-order valence-electron chi connectivity index (χ1n) is 7.07. The molecule has 0 saturated heterocycles. The Kier molecular flexibility index (Phi) is 4.12. The van der Waals surface area contributed by atoms with E-state index in [1.54, 1.807) is 48.5 Å². The molecule has 3 amide bonds. The van der Waals surface area contributed by atoms with Crippen LogP contribution >= 0.6 is 11.6 Å². The number of anilines is 1. The average molecular weight is 329 g/mol. The molecule has 1 aliphatic rings. The molecule has 0 aromatic heterocycles. The Balaban J connectivity index is 1.63. The number of carbonyl (C=O) groups excluding carboxylic acids is 3. The van der Waals surface area contributed by atoms with Crippen molar-refractivity contribution in [3.8, 4) is 0 Å². The molecule has 0 unspecified atom stereocenters. The highest BCUT2D eigenvalue weighted by molar-refractivity contribution is 6.33. The average Bonchev–Trinajstić information content (AvgIpc) is 2.80. The van der Waals surface area contributed by atoms with Crippen LogP contribution in [0.15, 0.2) is 48.5 Å². The zero-order valence-electron chi connectivity index (χ0n) is 12.1. The summed E-state index contributed by atoms with van der Waals surface area (Å²) in [7, 11) is 0. The van der Waals surface area contributed by atoms with Gasteiger partial charge in [0.25, 0.3) is 11.8 Å². The van der Waals surface area contributed by atoms with E-state index in [2.05, 4.69) is 5.32 Å². The van der Waals surface area contributed by atoms with E-state index in [0.717, 1.165) is 4.90 Å². The number of nitrogens with zero attached hydrogens (tertiary/aromatic N) is 1. The summed E-state index contributed by atoms with van der Waals surface area (Å²) in [6.07, 6.45) is 0.0106. The third kappa shape index (κ3) is 2.96. The smallest absolute Gasteiger partial charge is 0.261 e. The molecule has 5 nitrogen and oxygen atoms in total. The predicted molar refractivity (Wildman–Crippen MR) is 86.5 cm³/mol. The van der Waals surface area contributed by atoms with Crippen molar-refractivity contribution < 1.29 is 14.4 Å². The Morgan fingerprint density at radius 1 is 0.957 bits per heavy atom. The highest BCUT2D eigenvalue weighted by Gasteiger charge is 2.34. The molecule has 0 saturated carbocycles. The number of amides is 3. The molecular weight excluding hydrogens is 316 g/mol. The zero-order chi connectivity index (χ0) is 16.4. The highest BCUT2D eigenvalue weighted by Crippen LogP contribution is 2.23. The molecule has 6 heteroatoms. The Labute approximate surface area is 137 Å². The lowest BCUT2D eigenvalue weighted by Crippen LogP contribution is -2.32. The lowest BCUT2D eigenvalue weighted by molar-refractivity contribution is -0.116. The van der Waals surface area contributed by atoms with Crippen LogP contribution in [0.1, 0.15) is 27.1 Å². The van der Waals surface area contributed by atoms with Crippen LogP contribution < -0.4 is 5.32 Å². The van der Waals surface area contributed by atoms with Gasteiger partial charge in [-0.15, -0.1) is 0 Å². The normalized spacial score (nSPS) is 13.2. The standard InChI is InChI=1S/C17H13ClN2O3/c18-13-7-3-4-8-14(13)19-15(21)9-10-20-16(22)11-5-1-2-6-12(11)17(20)23/h1-8H,9-10H2,(H,19,21). The van der Waals surface area contributed by atoms with Crippen molar-refractivity contribution in [3.05, 3.63) is 64.7 Å². The number of rotatable bonds is 4. The first-order chi connectivity index (χ1) is 11.1. The molecule has 23 heavy (non-hydrogen) atoms. The number of halogens is 1. The molecule has 0 radical (unpaired) electrons. The van der Waals surface area contributed by atoms with Crippen molar-refractivity contribution in [3.63, 3.8) is 0 Å². The van der Waals surface area contributed by atoms with Crippen LogP contribution in [-0.4, -0.2) is 29.2 Å². The van der Waals surface area contributed by atoms with Gasteiger partial charge in [-0.05, 0) is 24.3 Å². The van der Waals surface area contributed by atoms with Crippen LogP contribution in [0.3, 0.4) is 0 Å². The van der Waals surface area contributed by atoms with Crippen molar-refractivity contribution in [2.75, 3.05) is 11.9 Å². The summed E-state index contributed by atoms with van der Waals surface area (Å²) in [4.78, 5) is 37.5. The van der Waals surface area contributed by atoms with E-state index < -0.39 is 0 Å². The van der Waals surface area contributed by atoms with Gasteiger partial charge in [0.05, 0.1) is 21.8 Å². The predicted octanol–water partition coefficient (Wildman–Crippen LogP) is 2.96. The fourth-order valence-electron chi connectivity index (χ4n) is 2.43. The number of hydrogen-bond acceptors (Lipinski definition) is 3. The van der Waals surface area contributed by atoms with Gasteiger partial charge in [0, 0.05) is 13.0 Å². The molecular formula is C17H13ClN2O3. The van der Waals surface area contributed by atoms with E-state index in [0.29, 0.717) is 21.8 Å². The van der Waals surface area contributed by atoms with Gasteiger partial charge in [-0.1, -0.05) is 35.9 Å². The van der Waals surface area contributed by atoms with E-state index in [1.807, 2.05) is 0 Å². The molecule has 0 bridgehead atoms. The Morgan fingerprint density at radius 3 is 2.13 bits per heavy atom. The third-order valence-electron chi connectivity index (χ3n) is 3.59. The van der Waals surface area contributed by atoms with Gasteiger partial charge < -0.3 is 5.32 Å². The number of hydrogen-bond donors (Lipinski definition) is 1. The Bertz CT molecular complexity index is 769. The molecule has 1 aliphatic heterocycles. The second-order valence-corrected chi connectivity index (χ2v) is 5.49. The quantitative estimate of drug-likeness (QED) is 0.877. The van der Waals surface area contributed by atoms with Gasteiger partial charge >= 0.3 is 0 Å². The van der Waals surface area contributed by atoms with Gasteiger partial charge in [0.1, 0.15) is 0 Å². The Morgan fingerprint density at radius 2 is 1.52 bits per heavy atom. The van der Waals surface area contributed by atoms with Crippen molar-refractivity contribution in [1.29, 1.82) is 0 Å². The molecule has 1 heterocycles. The second-order valence-electron chi connectivity index (χ2n) is 5.09. The maximum absolute atomic E-state index is 12.2. The topological polar surface area (TPSA) is 66.5 Å². The van der Waals surface area contributed by atoms with E-state index in [4.69, 9.17) is 11.6 Å². The van der Waals surface area contributed by atoms with Gasteiger partial charge in [0.15, 0.2) is 0 Å². The molecule has 0 aliphatic carbocycles. The molecule has 0 atom stereocenters. The van der Waals surface area contributed by atoms with Gasteiger partial charge in [0.2, 0.25) is 5.91 Å². The van der Waals surface area contributed by atoms with Crippen molar-refractivity contribution in [1.82, 2.24) is 4.90 Å². The summed E-state index contributed by atoms with van der Waals surface area (Å²) in [5.74, 6) is -1.04. The number of nitrogens with one attached hydrogen (secondary N) is 1. The van der Waals surface area contributed by atoms with Gasteiger partial charge in [-0.3, -0.25) is 19.3 Å². The number of fused-ring (bicyclic) bond motifs is 1. The van der Waals surface area contributed by atoms with E-state index in [1.165, 1.54) is 0 Å². The van der Waals surface area contributed by atoms with E-state index in [-0.39, 0.29) is 30.7 Å². The Hall–Kier alpha value is -2.66. The first kappa shape index (κ1) is 15.2. The van der Waals surface area contributed by atoms with Crippen LogP contribution in [-0.2, 0) is 4.79 Å². The number of para-hydroxylation sites is 1. The van der Waals surface area contributed by atoms with Gasteiger partial charge in [-0.25, -0.2) is 0 Å². The molecule has 3 rings (SSSR count). The van der Waals surface area contributed by atoms with Crippen LogP contribution in [0.4, 0.5) is 5.69 Å². The lowest BCUT2D eigenvalue weighted by atomic mass is 10.1. The molecule has 2 aromatic carbocycles. The fourth-order valence-corrected chi connectivity index (χ4v) is 2.61. The molecule has 0 fully saturated rings. The van der Waals surface area contributed by atoms with Crippen LogP contribution in [0.2, 0.25) is 5.02 Å². The summed E-state index contributed by atoms with van der Waals surface area (Å²) >= 11 is 5.97. The van der Waals surface area contributed by atoms with Crippen LogP contribution in [0, 0.1) is 0 Å². The van der Waals surface area contributed by atoms with E-state index >= 15 is 0 Å². The molecule has 2 aromatic rings. The minimum absolute atomic E-state index is 0.0106. The molecule has 1 N–H and O–H groups in total. The number of benzene rings is 2. The number of imide groups is 1. The van der Waals surface area contributed by atoms with Gasteiger partial charge in [-0.2, -0.15) is 0 Å². The second kappa shape index (κ2) is 6.22. The highest BCUT2D eigenvalue weighted by atomic mass is 35.5. The third-order valence-corrected chi connectivity index (χ3v) is 3.92.